The summed E-state index contributed by atoms with van der Waals surface area (Å²) in [5.41, 5.74) is 2.06. The SMILES string of the molecule is N#Cc1ccc(C(=O)N(Cc2ccc(F)cc2)C2CCCCC2)cc1. The zero-order chi connectivity index (χ0) is 17.6. The normalized spacial score (nSPS) is 14.7. The first-order valence-electron chi connectivity index (χ1n) is 8.73. The van der Waals surface area contributed by atoms with Crippen LogP contribution < -0.4 is 0 Å². The number of hydrogen-bond donors (Lipinski definition) is 0. The van der Waals surface area contributed by atoms with E-state index in [0.29, 0.717) is 17.7 Å². The molecule has 4 heteroatoms. The molecule has 128 valence electrons. The molecule has 1 amide bonds. The lowest BCUT2D eigenvalue weighted by Crippen LogP contribution is -2.41. The highest BCUT2D eigenvalue weighted by molar-refractivity contribution is 5.94. The number of benzene rings is 2. The molecule has 1 aliphatic rings. The van der Waals surface area contributed by atoms with Crippen molar-refractivity contribution < 1.29 is 9.18 Å². The highest BCUT2D eigenvalue weighted by Gasteiger charge is 2.26. The minimum absolute atomic E-state index is 0.0271. The van der Waals surface area contributed by atoms with E-state index >= 15 is 0 Å². The molecule has 25 heavy (non-hydrogen) atoms. The average molecular weight is 336 g/mol. The van der Waals surface area contributed by atoms with Crippen molar-refractivity contribution in [1.29, 1.82) is 5.26 Å². The lowest BCUT2D eigenvalue weighted by molar-refractivity contribution is 0.0614. The van der Waals surface area contributed by atoms with E-state index in [9.17, 15) is 9.18 Å². The largest absolute Gasteiger partial charge is 0.331 e. The summed E-state index contributed by atoms with van der Waals surface area (Å²) in [6, 6.07) is 15.4. The fourth-order valence-electron chi connectivity index (χ4n) is 3.40. The second-order valence-electron chi connectivity index (χ2n) is 6.54. The molecule has 0 unspecified atom stereocenters. The molecule has 3 rings (SSSR count). The van der Waals surface area contributed by atoms with Gasteiger partial charge in [-0.1, -0.05) is 31.4 Å². The van der Waals surface area contributed by atoms with E-state index in [4.69, 9.17) is 5.26 Å². The van der Waals surface area contributed by atoms with Gasteiger partial charge >= 0.3 is 0 Å². The molecule has 0 spiro atoms. The highest BCUT2D eigenvalue weighted by Crippen LogP contribution is 2.26. The maximum absolute atomic E-state index is 13.2. The summed E-state index contributed by atoms with van der Waals surface area (Å²) in [5.74, 6) is -0.299. The maximum Gasteiger partial charge on any atom is 0.254 e. The zero-order valence-electron chi connectivity index (χ0n) is 14.1. The predicted molar refractivity (Wildman–Crippen MR) is 94.3 cm³/mol. The molecular weight excluding hydrogens is 315 g/mol. The van der Waals surface area contributed by atoms with E-state index in [1.165, 1.54) is 18.6 Å². The van der Waals surface area contributed by atoms with E-state index in [0.717, 1.165) is 31.2 Å². The second-order valence-corrected chi connectivity index (χ2v) is 6.54. The molecule has 0 aliphatic heterocycles. The number of hydrogen-bond acceptors (Lipinski definition) is 2. The first-order valence-corrected chi connectivity index (χ1v) is 8.73. The summed E-state index contributed by atoms with van der Waals surface area (Å²) in [6.45, 7) is 0.476. The predicted octanol–water partition coefficient (Wildman–Crippen LogP) is 4.67. The van der Waals surface area contributed by atoms with E-state index in [1.807, 2.05) is 4.90 Å². The Hall–Kier alpha value is -2.67. The van der Waals surface area contributed by atoms with Crippen LogP contribution in [0.2, 0.25) is 0 Å². The Bertz CT molecular complexity index is 756. The highest BCUT2D eigenvalue weighted by atomic mass is 19.1. The summed E-state index contributed by atoms with van der Waals surface area (Å²) in [5, 5.41) is 8.92. The van der Waals surface area contributed by atoms with Crippen LogP contribution in [0.25, 0.3) is 0 Å². The van der Waals surface area contributed by atoms with Gasteiger partial charge < -0.3 is 4.90 Å². The molecule has 0 N–H and O–H groups in total. The molecule has 0 saturated heterocycles. The van der Waals surface area contributed by atoms with Crippen LogP contribution in [0.4, 0.5) is 4.39 Å². The third kappa shape index (κ3) is 4.24. The fourth-order valence-corrected chi connectivity index (χ4v) is 3.40. The molecule has 1 fully saturated rings. The first-order chi connectivity index (χ1) is 12.2. The third-order valence-corrected chi connectivity index (χ3v) is 4.80. The average Bonchev–Trinajstić information content (AvgIpc) is 2.68. The quantitative estimate of drug-likeness (QED) is 0.814. The van der Waals surface area contributed by atoms with Crippen LogP contribution in [0.1, 0.15) is 53.6 Å². The van der Waals surface area contributed by atoms with Crippen LogP contribution in [0, 0.1) is 17.1 Å². The molecular formula is C21H21FN2O. The first kappa shape index (κ1) is 17.2. The molecule has 0 heterocycles. The molecule has 0 bridgehead atoms. The van der Waals surface area contributed by atoms with E-state index in [2.05, 4.69) is 6.07 Å². The van der Waals surface area contributed by atoms with Crippen LogP contribution in [0.3, 0.4) is 0 Å². The van der Waals surface area contributed by atoms with Gasteiger partial charge in [-0.2, -0.15) is 5.26 Å². The smallest absolute Gasteiger partial charge is 0.254 e. The number of nitrogens with zero attached hydrogens (tertiary/aromatic N) is 2. The van der Waals surface area contributed by atoms with Crippen LogP contribution in [-0.4, -0.2) is 16.8 Å². The van der Waals surface area contributed by atoms with Gasteiger partial charge in [0.2, 0.25) is 0 Å². The van der Waals surface area contributed by atoms with Crippen molar-refractivity contribution in [1.82, 2.24) is 4.90 Å². The topological polar surface area (TPSA) is 44.1 Å². The van der Waals surface area contributed by atoms with Gasteiger partial charge in [-0.3, -0.25) is 4.79 Å². The van der Waals surface area contributed by atoms with Crippen molar-refractivity contribution >= 4 is 5.91 Å². The van der Waals surface area contributed by atoms with Gasteiger partial charge in [0, 0.05) is 18.2 Å². The van der Waals surface area contributed by atoms with Gasteiger partial charge in [0.15, 0.2) is 0 Å². The lowest BCUT2D eigenvalue weighted by atomic mass is 9.93. The number of rotatable bonds is 4. The second kappa shape index (κ2) is 7.94. The molecule has 0 radical (unpaired) electrons. The van der Waals surface area contributed by atoms with Crippen molar-refractivity contribution in [2.45, 2.75) is 44.7 Å². The van der Waals surface area contributed by atoms with Gasteiger partial charge in [-0.25, -0.2) is 4.39 Å². The molecule has 1 aliphatic carbocycles. The molecule has 1 saturated carbocycles. The molecule has 2 aromatic rings. The summed E-state index contributed by atoms with van der Waals surface area (Å²) < 4.78 is 13.2. The molecule has 3 nitrogen and oxygen atoms in total. The van der Waals surface area contributed by atoms with Crippen LogP contribution in [-0.2, 0) is 6.54 Å². The minimum atomic E-state index is -0.272. The summed E-state index contributed by atoms with van der Waals surface area (Å²) in [4.78, 5) is 15.0. The van der Waals surface area contributed by atoms with Gasteiger partial charge in [-0.05, 0) is 54.8 Å². The Morgan fingerprint density at radius 2 is 1.68 bits per heavy atom. The van der Waals surface area contributed by atoms with Gasteiger partial charge in [0.25, 0.3) is 5.91 Å². The number of nitriles is 1. The van der Waals surface area contributed by atoms with Crippen LogP contribution in [0.15, 0.2) is 48.5 Å². The Morgan fingerprint density at radius 3 is 2.28 bits per heavy atom. The summed E-state index contributed by atoms with van der Waals surface area (Å²) in [6.07, 6.45) is 5.48. The monoisotopic (exact) mass is 336 g/mol. The van der Waals surface area contributed by atoms with Crippen molar-refractivity contribution in [2.24, 2.45) is 0 Å². The maximum atomic E-state index is 13.2. The number of carbonyl (C=O) groups excluding carboxylic acids is 1. The third-order valence-electron chi connectivity index (χ3n) is 4.80. The Kier molecular flexibility index (Phi) is 5.45. The summed E-state index contributed by atoms with van der Waals surface area (Å²) >= 11 is 0. The molecule has 2 aromatic carbocycles. The molecule has 0 aromatic heterocycles. The van der Waals surface area contributed by atoms with E-state index < -0.39 is 0 Å². The van der Waals surface area contributed by atoms with Crippen molar-refractivity contribution in [3.63, 3.8) is 0 Å². The van der Waals surface area contributed by atoms with Crippen molar-refractivity contribution in [2.75, 3.05) is 0 Å². The minimum Gasteiger partial charge on any atom is -0.331 e. The Labute approximate surface area is 147 Å². The van der Waals surface area contributed by atoms with Crippen molar-refractivity contribution in [3.05, 3.63) is 71.0 Å². The fraction of sp³-hybridized carbons (Fsp3) is 0.333. The van der Waals surface area contributed by atoms with Gasteiger partial charge in [0.1, 0.15) is 5.82 Å². The standard InChI is InChI=1S/C21H21FN2O/c22-19-12-8-17(9-13-19)15-24(20-4-2-1-3-5-20)21(25)18-10-6-16(14-23)7-11-18/h6-13,20H,1-5,15H2. The number of amides is 1. The zero-order valence-corrected chi connectivity index (χ0v) is 14.1. The number of carbonyl (C=O) groups is 1. The Morgan fingerprint density at radius 1 is 1.04 bits per heavy atom. The number of halogens is 1. The Balaban J connectivity index is 1.84. The lowest BCUT2D eigenvalue weighted by Gasteiger charge is -2.34. The van der Waals surface area contributed by atoms with Crippen LogP contribution in [0.5, 0.6) is 0 Å². The van der Waals surface area contributed by atoms with Gasteiger partial charge in [-0.15, -0.1) is 0 Å². The van der Waals surface area contributed by atoms with Gasteiger partial charge in [0.05, 0.1) is 11.6 Å². The van der Waals surface area contributed by atoms with E-state index in [1.54, 1.807) is 36.4 Å². The van der Waals surface area contributed by atoms with Crippen molar-refractivity contribution in [3.8, 4) is 6.07 Å². The van der Waals surface area contributed by atoms with E-state index in [-0.39, 0.29) is 17.8 Å². The van der Waals surface area contributed by atoms with Crippen LogP contribution >= 0.6 is 0 Å². The summed E-state index contributed by atoms with van der Waals surface area (Å²) in [7, 11) is 0. The molecule has 0 atom stereocenters.